The molecule has 2 rings (SSSR count). The summed E-state index contributed by atoms with van der Waals surface area (Å²) in [6.45, 7) is 6.24. The molecule has 2 N–H and O–H groups in total. The summed E-state index contributed by atoms with van der Waals surface area (Å²) >= 11 is 0. The van der Waals surface area contributed by atoms with Gasteiger partial charge in [0.05, 0.1) is 0 Å². The molecule has 0 atom stereocenters. The summed E-state index contributed by atoms with van der Waals surface area (Å²) in [4.78, 5) is 2.32. The van der Waals surface area contributed by atoms with Crippen molar-refractivity contribution in [3.8, 4) is 0 Å². The summed E-state index contributed by atoms with van der Waals surface area (Å²) in [7, 11) is 2.15. The topological polar surface area (TPSA) is 29.3 Å². The minimum absolute atomic E-state index is 0.831. The summed E-state index contributed by atoms with van der Waals surface area (Å²) in [6, 6.07) is 14.6. The standard InChI is InChI=1S/C17H22N2/c1-13-6-4-7-14(2)17(13)12-19(3)11-15-8-5-9-16(18)10-15/h4-10H,11-12,18H2,1-3H3. The summed E-state index contributed by atoms with van der Waals surface area (Å²) in [5.74, 6) is 0. The van der Waals surface area contributed by atoms with Gasteiger partial charge in [-0.2, -0.15) is 0 Å². The van der Waals surface area contributed by atoms with Gasteiger partial charge in [-0.05, 0) is 55.3 Å². The monoisotopic (exact) mass is 254 g/mol. The van der Waals surface area contributed by atoms with Crippen LogP contribution in [0.1, 0.15) is 22.3 Å². The summed E-state index contributed by atoms with van der Waals surface area (Å²) in [5, 5.41) is 0. The first kappa shape index (κ1) is 13.6. The molecular formula is C17H22N2. The molecule has 2 nitrogen and oxygen atoms in total. The van der Waals surface area contributed by atoms with Gasteiger partial charge in [-0.15, -0.1) is 0 Å². The zero-order valence-corrected chi connectivity index (χ0v) is 12.0. The zero-order valence-electron chi connectivity index (χ0n) is 12.0. The molecule has 0 heterocycles. The Bertz CT molecular complexity index is 541. The van der Waals surface area contributed by atoms with Gasteiger partial charge in [0.2, 0.25) is 0 Å². The third-order valence-corrected chi connectivity index (χ3v) is 3.48. The van der Waals surface area contributed by atoms with Crippen LogP contribution in [0, 0.1) is 13.8 Å². The summed E-state index contributed by atoms with van der Waals surface area (Å²) < 4.78 is 0. The summed E-state index contributed by atoms with van der Waals surface area (Å²) in [5.41, 5.74) is 12.1. The van der Waals surface area contributed by atoms with Gasteiger partial charge in [-0.25, -0.2) is 0 Å². The number of nitrogens with two attached hydrogens (primary N) is 1. The molecule has 0 radical (unpaired) electrons. The number of hydrogen-bond donors (Lipinski definition) is 1. The lowest BCUT2D eigenvalue weighted by Gasteiger charge is -2.20. The molecule has 0 amide bonds. The number of rotatable bonds is 4. The first-order valence-electron chi connectivity index (χ1n) is 6.64. The van der Waals surface area contributed by atoms with Gasteiger partial charge in [0.15, 0.2) is 0 Å². The Morgan fingerprint density at radius 2 is 1.58 bits per heavy atom. The number of aryl methyl sites for hydroxylation is 2. The third kappa shape index (κ3) is 3.58. The van der Waals surface area contributed by atoms with Gasteiger partial charge in [0.1, 0.15) is 0 Å². The van der Waals surface area contributed by atoms with Crippen molar-refractivity contribution < 1.29 is 0 Å². The van der Waals surface area contributed by atoms with Crippen LogP contribution in [0.3, 0.4) is 0 Å². The minimum atomic E-state index is 0.831. The Hall–Kier alpha value is -1.80. The van der Waals surface area contributed by atoms with E-state index in [-0.39, 0.29) is 0 Å². The quantitative estimate of drug-likeness (QED) is 0.846. The highest BCUT2D eigenvalue weighted by atomic mass is 15.1. The normalized spacial score (nSPS) is 10.9. The highest BCUT2D eigenvalue weighted by Crippen LogP contribution is 2.17. The Balaban J connectivity index is 2.07. The largest absolute Gasteiger partial charge is 0.399 e. The lowest BCUT2D eigenvalue weighted by atomic mass is 10.0. The van der Waals surface area contributed by atoms with Gasteiger partial charge >= 0.3 is 0 Å². The van der Waals surface area contributed by atoms with Crippen molar-refractivity contribution in [1.29, 1.82) is 0 Å². The predicted octanol–water partition coefficient (Wildman–Crippen LogP) is 3.52. The average Bonchev–Trinajstić information content (AvgIpc) is 2.34. The van der Waals surface area contributed by atoms with Crippen molar-refractivity contribution in [3.63, 3.8) is 0 Å². The molecule has 0 saturated carbocycles. The fourth-order valence-electron chi connectivity index (χ4n) is 2.43. The average molecular weight is 254 g/mol. The second-order valence-electron chi connectivity index (χ2n) is 5.29. The minimum Gasteiger partial charge on any atom is -0.399 e. The second kappa shape index (κ2) is 5.89. The number of hydrogen-bond acceptors (Lipinski definition) is 2. The number of nitrogens with zero attached hydrogens (tertiary/aromatic N) is 1. The van der Waals surface area contributed by atoms with Gasteiger partial charge < -0.3 is 5.73 Å². The second-order valence-corrected chi connectivity index (χ2v) is 5.29. The Kier molecular flexibility index (Phi) is 4.23. The molecule has 0 aliphatic heterocycles. The van der Waals surface area contributed by atoms with E-state index >= 15 is 0 Å². The molecule has 2 aromatic rings. The van der Waals surface area contributed by atoms with Crippen LogP contribution in [0.4, 0.5) is 5.69 Å². The van der Waals surface area contributed by atoms with Crippen molar-refractivity contribution in [2.45, 2.75) is 26.9 Å². The lowest BCUT2D eigenvalue weighted by molar-refractivity contribution is 0.318. The highest BCUT2D eigenvalue weighted by Gasteiger charge is 2.06. The van der Waals surface area contributed by atoms with Crippen molar-refractivity contribution in [2.75, 3.05) is 12.8 Å². The Labute approximate surface area is 115 Å². The molecular weight excluding hydrogens is 232 g/mol. The number of anilines is 1. The number of benzene rings is 2. The first-order valence-corrected chi connectivity index (χ1v) is 6.64. The van der Waals surface area contributed by atoms with Crippen molar-refractivity contribution >= 4 is 5.69 Å². The third-order valence-electron chi connectivity index (χ3n) is 3.48. The van der Waals surface area contributed by atoms with Crippen molar-refractivity contribution in [3.05, 3.63) is 64.7 Å². The van der Waals surface area contributed by atoms with Gasteiger partial charge in [0.25, 0.3) is 0 Å². The lowest BCUT2D eigenvalue weighted by Crippen LogP contribution is -2.18. The van der Waals surface area contributed by atoms with Crippen LogP contribution in [0.15, 0.2) is 42.5 Å². The molecule has 0 aromatic heterocycles. The molecule has 2 aromatic carbocycles. The van der Waals surface area contributed by atoms with Crippen LogP contribution in [-0.2, 0) is 13.1 Å². The molecule has 0 saturated heterocycles. The van der Waals surface area contributed by atoms with E-state index < -0.39 is 0 Å². The van der Waals surface area contributed by atoms with Gasteiger partial charge in [0, 0.05) is 18.8 Å². The van der Waals surface area contributed by atoms with E-state index in [1.54, 1.807) is 0 Å². The maximum absolute atomic E-state index is 5.82. The van der Waals surface area contributed by atoms with E-state index in [1.165, 1.54) is 22.3 Å². The molecule has 0 unspecified atom stereocenters. The van der Waals surface area contributed by atoms with Crippen LogP contribution in [0.5, 0.6) is 0 Å². The molecule has 2 heteroatoms. The van der Waals surface area contributed by atoms with Crippen LogP contribution in [-0.4, -0.2) is 11.9 Å². The zero-order chi connectivity index (χ0) is 13.8. The SMILES string of the molecule is Cc1cccc(C)c1CN(C)Cc1cccc(N)c1. The van der Waals surface area contributed by atoms with Crippen molar-refractivity contribution in [1.82, 2.24) is 4.90 Å². The maximum Gasteiger partial charge on any atom is 0.0317 e. The van der Waals surface area contributed by atoms with E-state index in [9.17, 15) is 0 Å². The maximum atomic E-state index is 5.82. The van der Waals surface area contributed by atoms with Gasteiger partial charge in [-0.3, -0.25) is 4.90 Å². The smallest absolute Gasteiger partial charge is 0.0317 e. The molecule has 0 aliphatic carbocycles. The molecule has 0 aliphatic rings. The Morgan fingerprint density at radius 3 is 2.21 bits per heavy atom. The fourth-order valence-corrected chi connectivity index (χ4v) is 2.43. The number of nitrogen functional groups attached to an aromatic ring is 1. The van der Waals surface area contributed by atoms with Gasteiger partial charge in [-0.1, -0.05) is 30.3 Å². The van der Waals surface area contributed by atoms with E-state index in [1.807, 2.05) is 18.2 Å². The molecule has 0 spiro atoms. The van der Waals surface area contributed by atoms with Crippen molar-refractivity contribution in [2.24, 2.45) is 0 Å². The Morgan fingerprint density at radius 1 is 0.947 bits per heavy atom. The molecule has 0 fully saturated rings. The van der Waals surface area contributed by atoms with Crippen LogP contribution < -0.4 is 5.73 Å². The van der Waals surface area contributed by atoms with E-state index in [2.05, 4.69) is 50.1 Å². The van der Waals surface area contributed by atoms with Crippen LogP contribution in [0.2, 0.25) is 0 Å². The molecule has 19 heavy (non-hydrogen) atoms. The van der Waals surface area contributed by atoms with Crippen LogP contribution >= 0.6 is 0 Å². The van der Waals surface area contributed by atoms with Crippen LogP contribution in [0.25, 0.3) is 0 Å². The van der Waals surface area contributed by atoms with E-state index in [0.29, 0.717) is 0 Å². The molecule has 100 valence electrons. The highest BCUT2D eigenvalue weighted by molar-refractivity contribution is 5.40. The van der Waals surface area contributed by atoms with E-state index in [0.717, 1.165) is 18.8 Å². The fraction of sp³-hybridized carbons (Fsp3) is 0.294. The van der Waals surface area contributed by atoms with E-state index in [4.69, 9.17) is 5.73 Å². The summed E-state index contributed by atoms with van der Waals surface area (Å²) in [6.07, 6.45) is 0. The predicted molar refractivity (Wildman–Crippen MR) is 81.9 cm³/mol. The molecule has 0 bridgehead atoms. The first-order chi connectivity index (χ1) is 9.06.